The molecular formula is C14H14O. The van der Waals surface area contributed by atoms with Crippen LogP contribution in [0.1, 0.15) is 12.5 Å². The molecule has 0 bridgehead atoms. The fourth-order valence-corrected chi connectivity index (χ4v) is 1.67. The van der Waals surface area contributed by atoms with E-state index in [9.17, 15) is 0 Å². The van der Waals surface area contributed by atoms with Gasteiger partial charge in [-0.2, -0.15) is 0 Å². The first-order valence-corrected chi connectivity index (χ1v) is 5.13. The van der Waals surface area contributed by atoms with Crippen LogP contribution in [0.3, 0.4) is 0 Å². The second-order valence-corrected chi connectivity index (χ2v) is 3.37. The molecule has 2 aromatic rings. The van der Waals surface area contributed by atoms with Crippen molar-refractivity contribution in [1.82, 2.24) is 0 Å². The average molecular weight is 198 g/mol. The molecule has 0 aromatic heterocycles. The highest BCUT2D eigenvalue weighted by Gasteiger charge is 2.01. The molecule has 76 valence electrons. The summed E-state index contributed by atoms with van der Waals surface area (Å²) in [7, 11) is 0. The highest BCUT2D eigenvalue weighted by atomic mass is 16.5. The minimum atomic E-state index is 0.692. The SMILES string of the molecule is C=Cc1ccc2cccc(OCC)c2c1. The smallest absolute Gasteiger partial charge is 0.127 e. The Morgan fingerprint density at radius 1 is 1.27 bits per heavy atom. The van der Waals surface area contributed by atoms with Crippen molar-refractivity contribution in [2.75, 3.05) is 6.61 Å². The van der Waals surface area contributed by atoms with Gasteiger partial charge in [-0.3, -0.25) is 0 Å². The summed E-state index contributed by atoms with van der Waals surface area (Å²) in [5.74, 6) is 0.943. The van der Waals surface area contributed by atoms with Gasteiger partial charge in [-0.1, -0.05) is 36.9 Å². The Morgan fingerprint density at radius 3 is 2.87 bits per heavy atom. The highest BCUT2D eigenvalue weighted by Crippen LogP contribution is 2.26. The minimum Gasteiger partial charge on any atom is -0.493 e. The number of fused-ring (bicyclic) bond motifs is 1. The number of hydrogen-bond donors (Lipinski definition) is 0. The molecule has 2 aromatic carbocycles. The molecule has 2 rings (SSSR count). The van der Waals surface area contributed by atoms with E-state index >= 15 is 0 Å². The standard InChI is InChI=1S/C14H14O/c1-3-11-8-9-12-6-5-7-14(15-4-2)13(12)10-11/h3,5-10H,1,4H2,2H3. The van der Waals surface area contributed by atoms with Crippen molar-refractivity contribution in [3.63, 3.8) is 0 Å². The summed E-state index contributed by atoms with van der Waals surface area (Å²) in [5, 5.41) is 2.35. The summed E-state index contributed by atoms with van der Waals surface area (Å²) in [5.41, 5.74) is 1.12. The van der Waals surface area contributed by atoms with Crippen molar-refractivity contribution >= 4 is 16.8 Å². The van der Waals surface area contributed by atoms with Crippen LogP contribution >= 0.6 is 0 Å². The van der Waals surface area contributed by atoms with E-state index < -0.39 is 0 Å². The molecule has 0 aliphatic carbocycles. The molecule has 15 heavy (non-hydrogen) atoms. The lowest BCUT2D eigenvalue weighted by Gasteiger charge is -2.07. The maximum atomic E-state index is 5.58. The first-order chi connectivity index (χ1) is 7.35. The van der Waals surface area contributed by atoms with Crippen molar-refractivity contribution < 1.29 is 4.74 Å². The van der Waals surface area contributed by atoms with Crippen LogP contribution in [0, 0.1) is 0 Å². The summed E-state index contributed by atoms with van der Waals surface area (Å²) in [4.78, 5) is 0. The molecule has 1 nitrogen and oxygen atoms in total. The van der Waals surface area contributed by atoms with Gasteiger partial charge in [0, 0.05) is 5.39 Å². The van der Waals surface area contributed by atoms with Crippen molar-refractivity contribution in [3.8, 4) is 5.75 Å². The minimum absolute atomic E-state index is 0.692. The van der Waals surface area contributed by atoms with Crippen LogP contribution in [0.15, 0.2) is 43.0 Å². The van der Waals surface area contributed by atoms with Gasteiger partial charge in [0.25, 0.3) is 0 Å². The van der Waals surface area contributed by atoms with Gasteiger partial charge >= 0.3 is 0 Å². The molecule has 0 aliphatic heterocycles. The number of ether oxygens (including phenoxy) is 1. The average Bonchev–Trinajstić information content (AvgIpc) is 2.29. The third-order valence-electron chi connectivity index (χ3n) is 2.40. The van der Waals surface area contributed by atoms with E-state index in [1.807, 2.05) is 25.1 Å². The van der Waals surface area contributed by atoms with Crippen LogP contribution in [0.25, 0.3) is 16.8 Å². The van der Waals surface area contributed by atoms with E-state index in [0.29, 0.717) is 6.61 Å². The molecule has 0 saturated heterocycles. The second-order valence-electron chi connectivity index (χ2n) is 3.37. The normalized spacial score (nSPS) is 10.2. The zero-order chi connectivity index (χ0) is 10.7. The van der Waals surface area contributed by atoms with E-state index in [1.54, 1.807) is 0 Å². The molecule has 0 aliphatic rings. The molecule has 0 amide bonds. The number of rotatable bonds is 3. The molecule has 0 heterocycles. The van der Waals surface area contributed by atoms with Crippen molar-refractivity contribution in [1.29, 1.82) is 0 Å². The quantitative estimate of drug-likeness (QED) is 0.727. The zero-order valence-corrected chi connectivity index (χ0v) is 8.86. The predicted octanol–water partition coefficient (Wildman–Crippen LogP) is 3.88. The molecule has 0 saturated carbocycles. The van der Waals surface area contributed by atoms with Crippen LogP contribution in [0.4, 0.5) is 0 Å². The molecule has 0 fully saturated rings. The van der Waals surface area contributed by atoms with Gasteiger partial charge in [-0.25, -0.2) is 0 Å². The highest BCUT2D eigenvalue weighted by molar-refractivity contribution is 5.90. The third-order valence-corrected chi connectivity index (χ3v) is 2.40. The van der Waals surface area contributed by atoms with Crippen LogP contribution in [0.2, 0.25) is 0 Å². The topological polar surface area (TPSA) is 9.23 Å². The summed E-state index contributed by atoms with van der Waals surface area (Å²) < 4.78 is 5.58. The van der Waals surface area contributed by atoms with Gasteiger partial charge in [0.05, 0.1) is 6.61 Å². The van der Waals surface area contributed by atoms with Gasteiger partial charge in [0.1, 0.15) is 5.75 Å². The van der Waals surface area contributed by atoms with Gasteiger partial charge in [-0.05, 0) is 30.0 Å². The number of benzene rings is 2. The Morgan fingerprint density at radius 2 is 2.13 bits per heavy atom. The maximum Gasteiger partial charge on any atom is 0.127 e. The lowest BCUT2D eigenvalue weighted by atomic mass is 10.1. The van der Waals surface area contributed by atoms with Gasteiger partial charge in [-0.15, -0.1) is 0 Å². The molecule has 0 N–H and O–H groups in total. The fourth-order valence-electron chi connectivity index (χ4n) is 1.67. The fraction of sp³-hybridized carbons (Fsp3) is 0.143. The lowest BCUT2D eigenvalue weighted by molar-refractivity contribution is 0.344. The molecule has 0 atom stereocenters. The molecule has 1 heteroatoms. The zero-order valence-electron chi connectivity index (χ0n) is 8.86. The summed E-state index contributed by atoms with van der Waals surface area (Å²) in [6, 6.07) is 12.4. The molecule has 0 unspecified atom stereocenters. The van der Waals surface area contributed by atoms with E-state index in [1.165, 1.54) is 5.39 Å². The van der Waals surface area contributed by atoms with Crippen molar-refractivity contribution in [3.05, 3.63) is 48.5 Å². The van der Waals surface area contributed by atoms with Crippen molar-refractivity contribution in [2.24, 2.45) is 0 Å². The summed E-state index contributed by atoms with van der Waals surface area (Å²) in [6.45, 7) is 6.46. The monoisotopic (exact) mass is 198 g/mol. The first kappa shape index (κ1) is 9.78. The largest absolute Gasteiger partial charge is 0.493 e. The van der Waals surface area contributed by atoms with E-state index in [-0.39, 0.29) is 0 Å². The maximum absolute atomic E-state index is 5.58. The van der Waals surface area contributed by atoms with Gasteiger partial charge < -0.3 is 4.74 Å². The van der Waals surface area contributed by atoms with Crippen LogP contribution in [-0.2, 0) is 0 Å². The summed E-state index contributed by atoms with van der Waals surface area (Å²) in [6.07, 6.45) is 1.85. The van der Waals surface area contributed by atoms with E-state index in [0.717, 1.165) is 16.7 Å². The van der Waals surface area contributed by atoms with Crippen LogP contribution in [0.5, 0.6) is 5.75 Å². The summed E-state index contributed by atoms with van der Waals surface area (Å²) >= 11 is 0. The second kappa shape index (κ2) is 4.18. The molecule has 0 spiro atoms. The Labute approximate surface area is 90.0 Å². The predicted molar refractivity (Wildman–Crippen MR) is 65.2 cm³/mol. The molecular weight excluding hydrogens is 184 g/mol. The van der Waals surface area contributed by atoms with Crippen LogP contribution < -0.4 is 4.74 Å². The Kier molecular flexibility index (Phi) is 2.72. The molecule has 0 radical (unpaired) electrons. The van der Waals surface area contributed by atoms with Gasteiger partial charge in [0.2, 0.25) is 0 Å². The van der Waals surface area contributed by atoms with E-state index in [2.05, 4.69) is 30.8 Å². The van der Waals surface area contributed by atoms with Crippen LogP contribution in [-0.4, -0.2) is 6.61 Å². The first-order valence-electron chi connectivity index (χ1n) is 5.13. The van der Waals surface area contributed by atoms with E-state index in [4.69, 9.17) is 4.74 Å². The number of hydrogen-bond acceptors (Lipinski definition) is 1. The Balaban J connectivity index is 2.64. The Bertz CT molecular complexity index is 486. The Hall–Kier alpha value is -1.76. The lowest BCUT2D eigenvalue weighted by Crippen LogP contribution is -1.92. The van der Waals surface area contributed by atoms with Gasteiger partial charge in [0.15, 0.2) is 0 Å². The third kappa shape index (κ3) is 1.86. The van der Waals surface area contributed by atoms with Crippen molar-refractivity contribution in [2.45, 2.75) is 6.92 Å².